The molecule has 0 saturated heterocycles. The van der Waals surface area contributed by atoms with Crippen LogP contribution in [0.4, 0.5) is 15.8 Å². The van der Waals surface area contributed by atoms with E-state index in [1.807, 2.05) is 10.8 Å². The van der Waals surface area contributed by atoms with E-state index in [2.05, 4.69) is 10.3 Å². The average Bonchev–Trinajstić information content (AvgIpc) is 2.87. The quantitative estimate of drug-likeness (QED) is 0.494. The first kappa shape index (κ1) is 13.0. The molecule has 0 aliphatic rings. The monoisotopic (exact) mass is 264 g/mol. The fraction of sp³-hybridized carbons (Fsp3) is 0.250. The third-order valence-electron chi connectivity index (χ3n) is 2.64. The van der Waals surface area contributed by atoms with Crippen LogP contribution in [0.1, 0.15) is 6.42 Å². The van der Waals surface area contributed by atoms with Gasteiger partial charge in [0, 0.05) is 25.5 Å². The Morgan fingerprint density at radius 1 is 1.47 bits per heavy atom. The second-order valence-electron chi connectivity index (χ2n) is 3.97. The lowest BCUT2D eigenvalue weighted by molar-refractivity contribution is -0.386. The van der Waals surface area contributed by atoms with Crippen LogP contribution in [-0.2, 0) is 6.54 Å². The van der Waals surface area contributed by atoms with Crippen molar-refractivity contribution in [1.82, 2.24) is 9.55 Å². The van der Waals surface area contributed by atoms with Gasteiger partial charge in [0.05, 0.1) is 11.3 Å². The molecule has 1 heterocycles. The van der Waals surface area contributed by atoms with Gasteiger partial charge in [0.15, 0.2) is 0 Å². The molecule has 1 aromatic carbocycles. The molecule has 0 spiro atoms. The lowest BCUT2D eigenvalue weighted by atomic mass is 10.2. The predicted molar refractivity (Wildman–Crippen MR) is 68.4 cm³/mol. The summed E-state index contributed by atoms with van der Waals surface area (Å²) in [7, 11) is 0. The zero-order valence-electron chi connectivity index (χ0n) is 10.1. The molecule has 0 saturated carbocycles. The largest absolute Gasteiger partial charge is 0.379 e. The molecular formula is C12H13FN4O2. The van der Waals surface area contributed by atoms with Gasteiger partial charge in [0.25, 0.3) is 0 Å². The lowest BCUT2D eigenvalue weighted by Crippen LogP contribution is -2.08. The first-order valence-corrected chi connectivity index (χ1v) is 5.81. The van der Waals surface area contributed by atoms with Crippen molar-refractivity contribution in [3.63, 3.8) is 0 Å². The molecule has 19 heavy (non-hydrogen) atoms. The Kier molecular flexibility index (Phi) is 4.07. The van der Waals surface area contributed by atoms with Gasteiger partial charge in [-0.1, -0.05) is 6.07 Å². The van der Waals surface area contributed by atoms with Crippen molar-refractivity contribution in [1.29, 1.82) is 0 Å². The summed E-state index contributed by atoms with van der Waals surface area (Å²) in [4.78, 5) is 14.0. The molecule has 0 unspecified atom stereocenters. The Balaban J connectivity index is 1.92. The summed E-state index contributed by atoms with van der Waals surface area (Å²) in [5.74, 6) is -0.829. The smallest absolute Gasteiger partial charge is 0.327 e. The molecule has 0 radical (unpaired) electrons. The molecule has 0 amide bonds. The minimum Gasteiger partial charge on any atom is -0.379 e. The van der Waals surface area contributed by atoms with Crippen molar-refractivity contribution in [3.8, 4) is 0 Å². The Morgan fingerprint density at radius 2 is 2.32 bits per heavy atom. The van der Waals surface area contributed by atoms with E-state index in [0.29, 0.717) is 6.54 Å². The van der Waals surface area contributed by atoms with E-state index in [4.69, 9.17) is 0 Å². The number of aryl methyl sites for hydroxylation is 1. The van der Waals surface area contributed by atoms with Gasteiger partial charge in [0.2, 0.25) is 5.82 Å². The third-order valence-corrected chi connectivity index (χ3v) is 2.64. The number of hydrogen-bond acceptors (Lipinski definition) is 4. The molecular weight excluding hydrogens is 251 g/mol. The van der Waals surface area contributed by atoms with E-state index in [-0.39, 0.29) is 5.69 Å². The van der Waals surface area contributed by atoms with Gasteiger partial charge in [-0.3, -0.25) is 10.1 Å². The van der Waals surface area contributed by atoms with Crippen LogP contribution in [0.2, 0.25) is 0 Å². The summed E-state index contributed by atoms with van der Waals surface area (Å²) >= 11 is 0. The zero-order valence-corrected chi connectivity index (χ0v) is 10.1. The Labute approximate surface area is 109 Å². The topological polar surface area (TPSA) is 73.0 Å². The number of anilines is 1. The number of imidazole rings is 1. The van der Waals surface area contributed by atoms with E-state index < -0.39 is 16.4 Å². The standard InChI is InChI=1S/C12H13FN4O2/c13-10-3-1-4-11(12(10)17(18)19)15-5-2-7-16-8-6-14-9-16/h1,3-4,6,8-9,15H,2,5,7H2. The van der Waals surface area contributed by atoms with E-state index in [1.165, 1.54) is 12.1 Å². The number of nitro groups is 1. The van der Waals surface area contributed by atoms with Crippen LogP contribution in [0.15, 0.2) is 36.9 Å². The Bertz CT molecular complexity index is 557. The predicted octanol–water partition coefficient (Wildman–Crippen LogP) is 2.43. The summed E-state index contributed by atoms with van der Waals surface area (Å²) < 4.78 is 15.2. The third kappa shape index (κ3) is 3.27. The number of nitro benzene ring substituents is 1. The van der Waals surface area contributed by atoms with Gasteiger partial charge in [-0.25, -0.2) is 4.98 Å². The molecule has 0 fully saturated rings. The van der Waals surface area contributed by atoms with Crippen LogP contribution in [0.5, 0.6) is 0 Å². The molecule has 0 atom stereocenters. The molecule has 0 aliphatic carbocycles. The minimum absolute atomic E-state index is 0.204. The van der Waals surface area contributed by atoms with Gasteiger partial charge in [-0.2, -0.15) is 4.39 Å². The van der Waals surface area contributed by atoms with Gasteiger partial charge in [-0.15, -0.1) is 0 Å². The lowest BCUT2D eigenvalue weighted by Gasteiger charge is -2.07. The molecule has 7 heteroatoms. The van der Waals surface area contributed by atoms with E-state index >= 15 is 0 Å². The second-order valence-corrected chi connectivity index (χ2v) is 3.97. The number of hydrogen-bond donors (Lipinski definition) is 1. The number of halogens is 1. The Hall–Kier alpha value is -2.44. The van der Waals surface area contributed by atoms with Crippen molar-refractivity contribution in [2.24, 2.45) is 0 Å². The first-order chi connectivity index (χ1) is 9.18. The van der Waals surface area contributed by atoms with Crippen molar-refractivity contribution < 1.29 is 9.31 Å². The molecule has 100 valence electrons. The number of nitrogens with zero attached hydrogens (tertiary/aromatic N) is 3. The Morgan fingerprint density at radius 3 is 3.00 bits per heavy atom. The highest BCUT2D eigenvalue weighted by atomic mass is 19.1. The van der Waals surface area contributed by atoms with E-state index in [9.17, 15) is 14.5 Å². The van der Waals surface area contributed by atoms with Crippen molar-refractivity contribution in [2.45, 2.75) is 13.0 Å². The molecule has 6 nitrogen and oxygen atoms in total. The van der Waals surface area contributed by atoms with Crippen LogP contribution < -0.4 is 5.32 Å². The maximum atomic E-state index is 13.3. The highest BCUT2D eigenvalue weighted by molar-refractivity contribution is 5.61. The summed E-state index contributed by atoms with van der Waals surface area (Å²) in [5.41, 5.74) is -0.305. The summed E-state index contributed by atoms with van der Waals surface area (Å²) in [6.07, 6.45) is 5.98. The molecule has 0 aliphatic heterocycles. The van der Waals surface area contributed by atoms with Crippen molar-refractivity contribution in [2.75, 3.05) is 11.9 Å². The maximum absolute atomic E-state index is 13.3. The zero-order chi connectivity index (χ0) is 13.7. The number of benzene rings is 1. The number of para-hydroxylation sites is 1. The minimum atomic E-state index is -0.829. The van der Waals surface area contributed by atoms with Crippen molar-refractivity contribution in [3.05, 3.63) is 52.9 Å². The highest BCUT2D eigenvalue weighted by Crippen LogP contribution is 2.26. The SMILES string of the molecule is O=[N+]([O-])c1c(F)cccc1NCCCn1ccnc1. The fourth-order valence-electron chi connectivity index (χ4n) is 1.75. The second kappa shape index (κ2) is 5.94. The van der Waals surface area contributed by atoms with E-state index in [0.717, 1.165) is 19.0 Å². The van der Waals surface area contributed by atoms with Gasteiger partial charge >= 0.3 is 5.69 Å². The van der Waals surface area contributed by atoms with Gasteiger partial charge in [-0.05, 0) is 18.6 Å². The number of rotatable bonds is 6. The fourth-order valence-corrected chi connectivity index (χ4v) is 1.75. The van der Waals surface area contributed by atoms with E-state index in [1.54, 1.807) is 12.5 Å². The van der Waals surface area contributed by atoms with Crippen molar-refractivity contribution >= 4 is 11.4 Å². The van der Waals surface area contributed by atoms with Crippen LogP contribution in [-0.4, -0.2) is 21.0 Å². The summed E-state index contributed by atoms with van der Waals surface area (Å²) in [6.45, 7) is 1.26. The van der Waals surface area contributed by atoms with Gasteiger partial charge in [0.1, 0.15) is 5.69 Å². The first-order valence-electron chi connectivity index (χ1n) is 5.81. The van der Waals surface area contributed by atoms with Crippen LogP contribution in [0, 0.1) is 15.9 Å². The average molecular weight is 264 g/mol. The number of nitrogens with one attached hydrogen (secondary N) is 1. The number of aromatic nitrogens is 2. The van der Waals surface area contributed by atoms with Crippen LogP contribution in [0.3, 0.4) is 0 Å². The molecule has 1 aromatic heterocycles. The molecule has 2 aromatic rings. The molecule has 1 N–H and O–H groups in total. The van der Waals surface area contributed by atoms with Crippen LogP contribution >= 0.6 is 0 Å². The summed E-state index contributed by atoms with van der Waals surface area (Å²) in [6, 6.07) is 4.02. The normalized spacial score (nSPS) is 10.4. The maximum Gasteiger partial charge on any atom is 0.327 e. The van der Waals surface area contributed by atoms with Crippen LogP contribution in [0.25, 0.3) is 0 Å². The summed E-state index contributed by atoms with van der Waals surface area (Å²) in [5, 5.41) is 13.7. The van der Waals surface area contributed by atoms with Gasteiger partial charge < -0.3 is 9.88 Å². The molecule has 0 bridgehead atoms. The molecule has 2 rings (SSSR count). The highest BCUT2D eigenvalue weighted by Gasteiger charge is 2.18.